The summed E-state index contributed by atoms with van der Waals surface area (Å²) >= 11 is 0. The van der Waals surface area contributed by atoms with E-state index in [1.54, 1.807) is 6.08 Å². The number of aliphatic hydroxyl groups excluding tert-OH is 1. The summed E-state index contributed by atoms with van der Waals surface area (Å²) in [5.74, 6) is -1.55. The van der Waals surface area contributed by atoms with Crippen LogP contribution in [0.15, 0.2) is 48.1 Å². The number of hydrogen-bond acceptors (Lipinski definition) is 5. The van der Waals surface area contributed by atoms with Crippen LogP contribution in [0.5, 0.6) is 0 Å². The highest BCUT2D eigenvalue weighted by Gasteiger charge is 2.61. The van der Waals surface area contributed by atoms with Crippen LogP contribution in [0.2, 0.25) is 0 Å². The van der Waals surface area contributed by atoms with Crippen molar-refractivity contribution in [2.45, 2.75) is 45.8 Å². The molecule has 1 saturated carbocycles. The molecule has 0 heterocycles. The van der Waals surface area contributed by atoms with E-state index in [-0.39, 0.29) is 16.9 Å². The fourth-order valence-electron chi connectivity index (χ4n) is 5.42. The molecule has 1 fully saturated rings. The summed E-state index contributed by atoms with van der Waals surface area (Å²) < 4.78 is 5.81. The third-order valence-electron chi connectivity index (χ3n) is 6.73. The molecule has 0 amide bonds. The lowest BCUT2D eigenvalue weighted by atomic mass is 9.47. The van der Waals surface area contributed by atoms with Crippen LogP contribution in [0.3, 0.4) is 0 Å². The molecule has 3 rings (SSSR count). The minimum atomic E-state index is -0.882. The van der Waals surface area contributed by atoms with Crippen molar-refractivity contribution in [2.75, 3.05) is 0 Å². The minimum Gasteiger partial charge on any atom is -0.459 e. The normalized spacial score (nSPS) is 33.4. The summed E-state index contributed by atoms with van der Waals surface area (Å²) in [7, 11) is 0. The Balaban J connectivity index is 1.92. The second-order valence-corrected chi connectivity index (χ2v) is 8.93. The Morgan fingerprint density at radius 2 is 1.86 bits per heavy atom. The molecule has 0 radical (unpaired) electrons. The number of hydrogen-bond donors (Lipinski definition) is 1. The topological polar surface area (TPSA) is 80.7 Å². The van der Waals surface area contributed by atoms with Crippen LogP contribution in [-0.2, 0) is 19.1 Å². The van der Waals surface area contributed by atoms with Gasteiger partial charge in [0, 0.05) is 23.0 Å². The molecule has 5 heteroatoms. The van der Waals surface area contributed by atoms with E-state index in [4.69, 9.17) is 4.74 Å². The number of esters is 1. The molecule has 5 atom stereocenters. The fourth-order valence-corrected chi connectivity index (χ4v) is 5.42. The Labute approximate surface area is 171 Å². The lowest BCUT2D eigenvalue weighted by Gasteiger charge is -2.59. The molecule has 1 aromatic rings. The molecule has 0 aromatic heterocycles. The summed E-state index contributed by atoms with van der Waals surface area (Å²) in [5.41, 5.74) is -0.0130. The van der Waals surface area contributed by atoms with Gasteiger partial charge in [-0.05, 0) is 36.0 Å². The predicted octanol–water partition coefficient (Wildman–Crippen LogP) is 3.37. The Morgan fingerprint density at radius 1 is 1.17 bits per heavy atom. The number of benzene rings is 1. The molecule has 2 aliphatic rings. The number of rotatable bonds is 5. The van der Waals surface area contributed by atoms with E-state index < -0.39 is 29.5 Å². The van der Waals surface area contributed by atoms with Crippen molar-refractivity contribution in [1.29, 1.82) is 0 Å². The zero-order valence-corrected chi connectivity index (χ0v) is 17.1. The van der Waals surface area contributed by atoms with Crippen LogP contribution in [0, 0.1) is 22.7 Å². The molecule has 0 aliphatic heterocycles. The van der Waals surface area contributed by atoms with E-state index >= 15 is 0 Å². The Hall–Kier alpha value is -2.53. The van der Waals surface area contributed by atoms with Gasteiger partial charge in [-0.3, -0.25) is 4.79 Å². The lowest BCUT2D eigenvalue weighted by Crippen LogP contribution is -2.61. The largest absolute Gasteiger partial charge is 0.459 e. The molecule has 5 nitrogen and oxygen atoms in total. The van der Waals surface area contributed by atoms with Gasteiger partial charge in [-0.15, -0.1) is 0 Å². The van der Waals surface area contributed by atoms with Crippen LogP contribution >= 0.6 is 0 Å². The summed E-state index contributed by atoms with van der Waals surface area (Å²) in [6, 6.07) is 9.42. The molecule has 0 unspecified atom stereocenters. The van der Waals surface area contributed by atoms with Gasteiger partial charge in [-0.1, -0.05) is 51.1 Å². The van der Waals surface area contributed by atoms with Gasteiger partial charge < -0.3 is 14.6 Å². The van der Waals surface area contributed by atoms with Crippen molar-refractivity contribution in [1.82, 2.24) is 0 Å². The average Bonchev–Trinajstić information content (AvgIpc) is 2.68. The first kappa shape index (κ1) is 21.2. The SMILES string of the molecule is CC1(C)CC[C@@H](OC(=O)/C=C/c2ccccc2)[C@]2(C)[C@@H](C=O)C(C=O)=C[C@H](O)[C@@H]12. The molecule has 2 aliphatic carbocycles. The maximum atomic E-state index is 12.5. The first-order chi connectivity index (χ1) is 13.7. The maximum Gasteiger partial charge on any atom is 0.331 e. The Bertz CT molecular complexity index is 838. The second-order valence-electron chi connectivity index (χ2n) is 8.93. The van der Waals surface area contributed by atoms with Crippen molar-refractivity contribution < 1.29 is 24.2 Å². The van der Waals surface area contributed by atoms with Gasteiger partial charge in [0.1, 0.15) is 18.7 Å². The zero-order chi connectivity index (χ0) is 21.2. The van der Waals surface area contributed by atoms with Gasteiger partial charge in [0.2, 0.25) is 0 Å². The minimum absolute atomic E-state index is 0.254. The van der Waals surface area contributed by atoms with E-state index in [2.05, 4.69) is 0 Å². The van der Waals surface area contributed by atoms with E-state index in [0.29, 0.717) is 12.7 Å². The standard InChI is InChI=1S/C24H28O5/c1-23(2)12-11-20(29-21(28)10-9-16-7-5-4-6-8-16)24(3)18(15-26)17(14-25)13-19(27)22(23)24/h4-10,13-15,18-20,22,27H,11-12H2,1-3H3/b10-9+/t18-,19-,20+,22-,24-/m0/s1. The van der Waals surface area contributed by atoms with Gasteiger partial charge >= 0.3 is 5.97 Å². The summed E-state index contributed by atoms with van der Waals surface area (Å²) in [6.45, 7) is 5.96. The molecule has 154 valence electrons. The third kappa shape index (κ3) is 3.84. The van der Waals surface area contributed by atoms with Crippen molar-refractivity contribution in [3.05, 3.63) is 53.6 Å². The van der Waals surface area contributed by atoms with Gasteiger partial charge in [0.25, 0.3) is 0 Å². The Kier molecular flexibility index (Phi) is 5.90. The number of aliphatic hydroxyl groups is 1. The van der Waals surface area contributed by atoms with Crippen LogP contribution in [0.1, 0.15) is 39.2 Å². The third-order valence-corrected chi connectivity index (χ3v) is 6.73. The quantitative estimate of drug-likeness (QED) is 0.469. The molecule has 0 bridgehead atoms. The number of allylic oxidation sites excluding steroid dienone is 1. The number of carbonyl (C=O) groups excluding carboxylic acids is 3. The highest BCUT2D eigenvalue weighted by molar-refractivity contribution is 5.87. The Morgan fingerprint density at radius 3 is 2.48 bits per heavy atom. The number of carbonyl (C=O) groups is 3. The molecular weight excluding hydrogens is 368 g/mol. The molecule has 1 aromatic carbocycles. The van der Waals surface area contributed by atoms with E-state index in [1.165, 1.54) is 12.2 Å². The van der Waals surface area contributed by atoms with E-state index in [9.17, 15) is 19.5 Å². The smallest absolute Gasteiger partial charge is 0.331 e. The average molecular weight is 396 g/mol. The monoisotopic (exact) mass is 396 g/mol. The second kappa shape index (κ2) is 8.07. The maximum absolute atomic E-state index is 12.5. The first-order valence-electron chi connectivity index (χ1n) is 9.98. The highest BCUT2D eigenvalue weighted by Crippen LogP contribution is 2.59. The van der Waals surface area contributed by atoms with Gasteiger partial charge in [-0.25, -0.2) is 4.79 Å². The molecule has 1 N–H and O–H groups in total. The zero-order valence-electron chi connectivity index (χ0n) is 17.1. The van der Waals surface area contributed by atoms with Crippen molar-refractivity contribution in [3.8, 4) is 0 Å². The van der Waals surface area contributed by atoms with Crippen LogP contribution in [0.4, 0.5) is 0 Å². The lowest BCUT2D eigenvalue weighted by molar-refractivity contribution is -0.187. The van der Waals surface area contributed by atoms with Crippen LogP contribution in [0.25, 0.3) is 6.08 Å². The van der Waals surface area contributed by atoms with Gasteiger partial charge in [0.15, 0.2) is 0 Å². The molecular formula is C24H28O5. The molecule has 29 heavy (non-hydrogen) atoms. The summed E-state index contributed by atoms with van der Waals surface area (Å²) in [4.78, 5) is 36.1. The highest BCUT2D eigenvalue weighted by atomic mass is 16.5. The molecule has 0 saturated heterocycles. The van der Waals surface area contributed by atoms with Crippen LogP contribution < -0.4 is 0 Å². The summed E-state index contributed by atoms with van der Waals surface area (Å²) in [5, 5.41) is 10.8. The number of fused-ring (bicyclic) bond motifs is 1. The van der Waals surface area contributed by atoms with Gasteiger partial charge in [-0.2, -0.15) is 0 Å². The number of aldehydes is 2. The van der Waals surface area contributed by atoms with Crippen LogP contribution in [-0.4, -0.2) is 35.9 Å². The van der Waals surface area contributed by atoms with Crippen molar-refractivity contribution in [2.24, 2.45) is 22.7 Å². The fraction of sp³-hybridized carbons (Fsp3) is 0.458. The van der Waals surface area contributed by atoms with E-state index in [0.717, 1.165) is 18.3 Å². The summed E-state index contributed by atoms with van der Waals surface area (Å²) in [6.07, 6.45) is 5.75. The van der Waals surface area contributed by atoms with Crippen molar-refractivity contribution >= 4 is 24.6 Å². The van der Waals surface area contributed by atoms with Gasteiger partial charge in [0.05, 0.1) is 12.0 Å². The number of ether oxygens (including phenoxy) is 1. The first-order valence-corrected chi connectivity index (χ1v) is 9.98. The molecule has 0 spiro atoms. The predicted molar refractivity (Wildman–Crippen MR) is 110 cm³/mol. The van der Waals surface area contributed by atoms with E-state index in [1.807, 2.05) is 51.1 Å². The van der Waals surface area contributed by atoms with Crippen molar-refractivity contribution in [3.63, 3.8) is 0 Å².